The van der Waals surface area contributed by atoms with Gasteiger partial charge >= 0.3 is 0 Å². The first kappa shape index (κ1) is 19.3. The Hall–Kier alpha value is -2.02. The molecule has 0 bridgehead atoms. The van der Waals surface area contributed by atoms with Gasteiger partial charge in [-0.25, -0.2) is 0 Å². The lowest BCUT2D eigenvalue weighted by molar-refractivity contribution is -0.384. The molecule has 0 spiro atoms. The molecule has 2 aromatic carbocycles. The molecule has 9 heteroatoms. The minimum Gasteiger partial charge on any atom is -0.362 e. The maximum absolute atomic E-state index is 12.4. The van der Waals surface area contributed by atoms with Crippen LogP contribution in [0.4, 0.5) is 11.4 Å². The van der Waals surface area contributed by atoms with Crippen LogP contribution in [0.5, 0.6) is 0 Å². The maximum atomic E-state index is 12.4. The van der Waals surface area contributed by atoms with Gasteiger partial charge in [0.05, 0.1) is 4.92 Å². The van der Waals surface area contributed by atoms with Crippen molar-refractivity contribution in [2.45, 2.75) is 16.9 Å². The molecule has 0 unspecified atom stereocenters. The van der Waals surface area contributed by atoms with Crippen LogP contribution >= 0.6 is 34.8 Å². The summed E-state index contributed by atoms with van der Waals surface area (Å²) >= 11 is 17.8. The highest BCUT2D eigenvalue weighted by Gasteiger charge is 2.34. The van der Waals surface area contributed by atoms with Gasteiger partial charge in [-0.05, 0) is 31.2 Å². The number of nitro groups is 1. The normalized spacial score (nSPS) is 12.3. The Morgan fingerprint density at radius 3 is 2.32 bits per heavy atom. The van der Waals surface area contributed by atoms with Crippen molar-refractivity contribution in [3.05, 3.63) is 69.8 Å². The third kappa shape index (κ3) is 5.49. The predicted molar refractivity (Wildman–Crippen MR) is 99.4 cm³/mol. The summed E-state index contributed by atoms with van der Waals surface area (Å²) in [5, 5.41) is 16.1. The summed E-state index contributed by atoms with van der Waals surface area (Å²) in [6, 6.07) is 12.5. The number of carbonyl (C=O) groups excluding carboxylic acids is 1. The van der Waals surface area contributed by atoms with E-state index in [1.165, 1.54) is 24.3 Å². The summed E-state index contributed by atoms with van der Waals surface area (Å²) in [6.45, 7) is 1.86. The van der Waals surface area contributed by atoms with Crippen LogP contribution in [-0.2, 0) is 0 Å². The van der Waals surface area contributed by atoms with Crippen LogP contribution in [0.25, 0.3) is 0 Å². The van der Waals surface area contributed by atoms with Gasteiger partial charge in [-0.15, -0.1) is 0 Å². The van der Waals surface area contributed by atoms with Gasteiger partial charge in [-0.3, -0.25) is 14.9 Å². The molecular weight excluding hydrogens is 389 g/mol. The van der Waals surface area contributed by atoms with Gasteiger partial charge in [0.1, 0.15) is 6.17 Å². The SMILES string of the molecule is Cc1cccc(C(=O)N[C@H](Nc2ccc([N+](=O)[O-])cc2)C(Cl)(Cl)Cl)c1. The quantitative estimate of drug-likeness (QED) is 0.335. The van der Waals surface area contributed by atoms with Crippen molar-refractivity contribution >= 4 is 52.1 Å². The van der Waals surface area contributed by atoms with Crippen LogP contribution in [0.2, 0.25) is 0 Å². The zero-order valence-electron chi connectivity index (χ0n) is 13.0. The van der Waals surface area contributed by atoms with Crippen molar-refractivity contribution < 1.29 is 9.72 Å². The number of non-ortho nitro benzene ring substituents is 1. The molecule has 1 amide bonds. The standard InChI is InChI=1S/C16H14Cl3N3O3/c1-10-3-2-4-11(9-10)14(23)21-15(16(17,18)19)20-12-5-7-13(8-6-12)22(24)25/h2-9,15,20H,1H3,(H,21,23)/t15-/m0/s1. The van der Waals surface area contributed by atoms with E-state index in [2.05, 4.69) is 10.6 Å². The Morgan fingerprint density at radius 1 is 1.16 bits per heavy atom. The van der Waals surface area contributed by atoms with Gasteiger partial charge in [0.25, 0.3) is 11.6 Å². The molecule has 2 rings (SSSR count). The monoisotopic (exact) mass is 401 g/mol. The smallest absolute Gasteiger partial charge is 0.269 e. The molecule has 25 heavy (non-hydrogen) atoms. The third-order valence-electron chi connectivity index (χ3n) is 3.27. The molecule has 1 atom stereocenters. The summed E-state index contributed by atoms with van der Waals surface area (Å²) in [6.07, 6.45) is -1.05. The molecule has 0 fully saturated rings. The third-order valence-corrected chi connectivity index (χ3v) is 3.93. The van der Waals surface area contributed by atoms with E-state index in [0.717, 1.165) is 5.56 Å². The van der Waals surface area contributed by atoms with Crippen LogP contribution in [-0.4, -0.2) is 20.8 Å². The van der Waals surface area contributed by atoms with Crippen molar-refractivity contribution in [1.29, 1.82) is 0 Å². The second-order valence-corrected chi connectivity index (χ2v) is 7.63. The van der Waals surface area contributed by atoms with E-state index < -0.39 is 20.8 Å². The molecule has 0 aromatic heterocycles. The van der Waals surface area contributed by atoms with Crippen molar-refractivity contribution in [2.24, 2.45) is 0 Å². The van der Waals surface area contributed by atoms with Crippen LogP contribution in [0.3, 0.4) is 0 Å². The Balaban J connectivity index is 2.16. The van der Waals surface area contributed by atoms with Gasteiger partial charge in [-0.2, -0.15) is 0 Å². The zero-order valence-corrected chi connectivity index (χ0v) is 15.3. The van der Waals surface area contributed by atoms with Gasteiger partial charge in [0.2, 0.25) is 3.79 Å². The molecular formula is C16H14Cl3N3O3. The number of carbonyl (C=O) groups is 1. The van der Waals surface area contributed by atoms with E-state index in [-0.39, 0.29) is 5.69 Å². The van der Waals surface area contributed by atoms with Gasteiger partial charge in [0, 0.05) is 23.4 Å². The van der Waals surface area contributed by atoms with E-state index >= 15 is 0 Å². The molecule has 2 N–H and O–H groups in total. The fraction of sp³-hybridized carbons (Fsp3) is 0.188. The Labute approximate surface area is 159 Å². The van der Waals surface area contributed by atoms with E-state index in [4.69, 9.17) is 34.8 Å². The van der Waals surface area contributed by atoms with E-state index in [1.54, 1.807) is 18.2 Å². The van der Waals surface area contributed by atoms with Gasteiger partial charge < -0.3 is 10.6 Å². The van der Waals surface area contributed by atoms with Crippen molar-refractivity contribution in [3.8, 4) is 0 Å². The van der Waals surface area contributed by atoms with Crippen LogP contribution < -0.4 is 10.6 Å². The number of hydrogen-bond donors (Lipinski definition) is 2. The largest absolute Gasteiger partial charge is 0.362 e. The first-order chi connectivity index (χ1) is 11.7. The Bertz CT molecular complexity index is 776. The number of nitro benzene ring substituents is 1. The van der Waals surface area contributed by atoms with Crippen molar-refractivity contribution in [2.75, 3.05) is 5.32 Å². The number of nitrogens with zero attached hydrogens (tertiary/aromatic N) is 1. The molecule has 0 saturated heterocycles. The van der Waals surface area contributed by atoms with E-state index in [9.17, 15) is 14.9 Å². The van der Waals surface area contributed by atoms with Crippen LogP contribution in [0, 0.1) is 17.0 Å². The summed E-state index contributed by atoms with van der Waals surface area (Å²) in [7, 11) is 0. The summed E-state index contributed by atoms with van der Waals surface area (Å²) in [5.41, 5.74) is 1.72. The topological polar surface area (TPSA) is 84.3 Å². The number of amides is 1. The molecule has 0 radical (unpaired) electrons. The van der Waals surface area contributed by atoms with Crippen LogP contribution in [0.15, 0.2) is 48.5 Å². The minimum atomic E-state index is -1.85. The lowest BCUT2D eigenvalue weighted by Gasteiger charge is -2.27. The van der Waals surface area contributed by atoms with Crippen molar-refractivity contribution in [1.82, 2.24) is 5.32 Å². The predicted octanol–water partition coefficient (Wildman–Crippen LogP) is 4.44. The summed E-state index contributed by atoms with van der Waals surface area (Å²) in [4.78, 5) is 22.5. The van der Waals surface area contributed by atoms with Crippen molar-refractivity contribution in [3.63, 3.8) is 0 Å². The van der Waals surface area contributed by atoms with Crippen LogP contribution in [0.1, 0.15) is 15.9 Å². The average Bonchev–Trinajstić information content (AvgIpc) is 2.53. The summed E-state index contributed by atoms with van der Waals surface area (Å²) < 4.78 is -1.85. The number of rotatable bonds is 5. The highest BCUT2D eigenvalue weighted by molar-refractivity contribution is 6.68. The first-order valence-electron chi connectivity index (χ1n) is 7.12. The number of aryl methyl sites for hydroxylation is 1. The molecule has 6 nitrogen and oxygen atoms in total. The molecule has 0 aliphatic carbocycles. The molecule has 132 valence electrons. The molecule has 0 heterocycles. The number of halogens is 3. The number of nitrogens with one attached hydrogen (secondary N) is 2. The van der Waals surface area contributed by atoms with Gasteiger partial charge in [0.15, 0.2) is 0 Å². The number of alkyl halides is 3. The highest BCUT2D eigenvalue weighted by Crippen LogP contribution is 2.31. The molecule has 2 aromatic rings. The Morgan fingerprint density at radius 2 is 1.80 bits per heavy atom. The first-order valence-corrected chi connectivity index (χ1v) is 8.25. The lowest BCUT2D eigenvalue weighted by atomic mass is 10.1. The second-order valence-electron chi connectivity index (χ2n) is 5.27. The molecule has 0 aliphatic heterocycles. The fourth-order valence-electron chi connectivity index (χ4n) is 2.05. The average molecular weight is 403 g/mol. The minimum absolute atomic E-state index is 0.0696. The highest BCUT2D eigenvalue weighted by atomic mass is 35.6. The van der Waals surface area contributed by atoms with E-state index in [1.807, 2.05) is 13.0 Å². The zero-order chi connectivity index (χ0) is 18.6. The number of benzene rings is 2. The number of hydrogen-bond acceptors (Lipinski definition) is 4. The molecule has 0 aliphatic rings. The number of anilines is 1. The van der Waals surface area contributed by atoms with Gasteiger partial charge in [-0.1, -0.05) is 52.5 Å². The summed E-state index contributed by atoms with van der Waals surface area (Å²) in [5.74, 6) is -0.422. The second kappa shape index (κ2) is 7.91. The maximum Gasteiger partial charge on any atom is 0.269 e. The lowest BCUT2D eigenvalue weighted by Crippen LogP contribution is -2.49. The fourth-order valence-corrected chi connectivity index (χ4v) is 2.37. The van der Waals surface area contributed by atoms with E-state index in [0.29, 0.717) is 11.3 Å². The molecule has 0 saturated carbocycles. The Kier molecular flexibility index (Phi) is 6.11.